The van der Waals surface area contributed by atoms with E-state index in [-0.39, 0.29) is 10.8 Å². The Morgan fingerprint density at radius 3 is 2.36 bits per heavy atom. The molecule has 0 saturated heterocycles. The van der Waals surface area contributed by atoms with Crippen LogP contribution in [0.25, 0.3) is 11.1 Å². The SMILES string of the molecule is CCCCc1nc(O)c(S(=O)(=O)c2ccc(-c3ccncc3C)cc2)c(=O)n1[C@H](c1cccc(C)c1)C(C)C. The van der Waals surface area contributed by atoms with E-state index in [9.17, 15) is 18.3 Å². The van der Waals surface area contributed by atoms with Gasteiger partial charge in [0.05, 0.1) is 10.9 Å². The van der Waals surface area contributed by atoms with Crippen molar-refractivity contribution in [3.8, 4) is 17.0 Å². The molecule has 8 heteroatoms. The van der Waals surface area contributed by atoms with Crippen molar-refractivity contribution < 1.29 is 13.5 Å². The molecular formula is C31H35N3O4S. The van der Waals surface area contributed by atoms with Crippen LogP contribution in [-0.4, -0.2) is 28.1 Å². The maximum absolute atomic E-state index is 14.1. The molecule has 2 aromatic carbocycles. The number of rotatable bonds is 9. The number of aryl methyl sites for hydroxylation is 3. The molecule has 0 aliphatic rings. The molecule has 4 aromatic rings. The molecule has 0 radical (unpaired) electrons. The summed E-state index contributed by atoms with van der Waals surface area (Å²) in [6.07, 6.45) is 5.46. The Kier molecular flexibility index (Phi) is 8.35. The van der Waals surface area contributed by atoms with Gasteiger partial charge in [0.1, 0.15) is 5.82 Å². The Morgan fingerprint density at radius 1 is 1.03 bits per heavy atom. The third kappa shape index (κ3) is 5.66. The van der Waals surface area contributed by atoms with Gasteiger partial charge in [0, 0.05) is 18.8 Å². The number of aromatic nitrogens is 3. The molecule has 0 spiro atoms. The van der Waals surface area contributed by atoms with Crippen molar-refractivity contribution in [1.82, 2.24) is 14.5 Å². The van der Waals surface area contributed by atoms with Gasteiger partial charge in [-0.2, -0.15) is 4.98 Å². The number of hydrogen-bond donors (Lipinski definition) is 1. The van der Waals surface area contributed by atoms with Crippen LogP contribution in [0, 0.1) is 19.8 Å². The minimum Gasteiger partial charge on any atom is -0.492 e. The lowest BCUT2D eigenvalue weighted by Crippen LogP contribution is -2.35. The Balaban J connectivity index is 1.90. The van der Waals surface area contributed by atoms with Crippen molar-refractivity contribution in [1.29, 1.82) is 0 Å². The second-order valence-electron chi connectivity index (χ2n) is 10.3. The van der Waals surface area contributed by atoms with Crippen LogP contribution in [0.15, 0.2) is 81.6 Å². The zero-order valence-electron chi connectivity index (χ0n) is 23.0. The molecule has 204 valence electrons. The number of benzene rings is 2. The summed E-state index contributed by atoms with van der Waals surface area (Å²) in [4.78, 5) is 21.8. The summed E-state index contributed by atoms with van der Waals surface area (Å²) in [6, 6.07) is 15.5. The van der Waals surface area contributed by atoms with Gasteiger partial charge in [0.25, 0.3) is 5.56 Å². The van der Waals surface area contributed by atoms with Gasteiger partial charge in [-0.25, -0.2) is 8.42 Å². The molecule has 39 heavy (non-hydrogen) atoms. The van der Waals surface area contributed by atoms with E-state index in [0.29, 0.717) is 12.2 Å². The van der Waals surface area contributed by atoms with Crippen LogP contribution in [0.1, 0.15) is 62.2 Å². The highest BCUT2D eigenvalue weighted by Gasteiger charge is 2.32. The van der Waals surface area contributed by atoms with Crippen molar-refractivity contribution in [3.05, 3.63) is 99.9 Å². The van der Waals surface area contributed by atoms with Crippen LogP contribution in [0.3, 0.4) is 0 Å². The Hall–Kier alpha value is -3.78. The van der Waals surface area contributed by atoms with E-state index in [4.69, 9.17) is 0 Å². The van der Waals surface area contributed by atoms with Crippen LogP contribution in [0.4, 0.5) is 0 Å². The van der Waals surface area contributed by atoms with Gasteiger partial charge < -0.3 is 5.11 Å². The third-order valence-electron chi connectivity index (χ3n) is 6.94. The lowest BCUT2D eigenvalue weighted by molar-refractivity contribution is 0.374. The van der Waals surface area contributed by atoms with Crippen molar-refractivity contribution >= 4 is 9.84 Å². The number of hydrogen-bond acceptors (Lipinski definition) is 6. The molecule has 0 amide bonds. The molecular weight excluding hydrogens is 510 g/mol. The van der Waals surface area contributed by atoms with E-state index in [1.54, 1.807) is 24.5 Å². The Bertz CT molecular complexity index is 1640. The summed E-state index contributed by atoms with van der Waals surface area (Å²) in [7, 11) is -4.38. The molecule has 2 aromatic heterocycles. The van der Waals surface area contributed by atoms with E-state index in [1.807, 2.05) is 65.0 Å². The van der Waals surface area contributed by atoms with Crippen LogP contribution < -0.4 is 5.56 Å². The quantitative estimate of drug-likeness (QED) is 0.275. The standard InChI is InChI=1S/C31H35N3O4S/c1-6-7-11-27-33-30(35)29(31(36)34(27)28(20(2)3)24-10-8-9-21(4)18-24)39(37,38)25-14-12-23(13-15-25)26-16-17-32-19-22(26)5/h8-10,12-20,28,35H,6-7,11H2,1-5H3/t28-/m0/s1. The summed E-state index contributed by atoms with van der Waals surface area (Å²) in [6.45, 7) is 9.91. The summed E-state index contributed by atoms with van der Waals surface area (Å²) >= 11 is 0. The second-order valence-corrected chi connectivity index (χ2v) is 12.2. The van der Waals surface area contributed by atoms with Crippen LogP contribution in [0.5, 0.6) is 5.88 Å². The highest BCUT2D eigenvalue weighted by Crippen LogP contribution is 2.32. The average molecular weight is 546 g/mol. The first kappa shape index (κ1) is 28.2. The first-order valence-corrected chi connectivity index (χ1v) is 14.7. The van der Waals surface area contributed by atoms with Crippen LogP contribution in [0.2, 0.25) is 0 Å². The molecule has 0 aliphatic heterocycles. The van der Waals surface area contributed by atoms with Crippen LogP contribution in [-0.2, 0) is 16.3 Å². The molecule has 0 bridgehead atoms. The third-order valence-corrected chi connectivity index (χ3v) is 8.73. The molecule has 1 N–H and O–H groups in total. The van der Waals surface area contributed by atoms with Crippen molar-refractivity contribution in [2.24, 2.45) is 5.92 Å². The highest BCUT2D eigenvalue weighted by molar-refractivity contribution is 7.91. The first-order valence-electron chi connectivity index (χ1n) is 13.2. The summed E-state index contributed by atoms with van der Waals surface area (Å²) < 4.78 is 29.1. The smallest absolute Gasteiger partial charge is 0.277 e. The average Bonchev–Trinajstić information content (AvgIpc) is 2.89. The minimum atomic E-state index is -4.38. The van der Waals surface area contributed by atoms with E-state index in [1.165, 1.54) is 16.7 Å². The first-order chi connectivity index (χ1) is 18.6. The predicted octanol–water partition coefficient (Wildman–Crippen LogP) is 6.05. The van der Waals surface area contributed by atoms with Gasteiger partial charge in [-0.1, -0.05) is 69.2 Å². The molecule has 0 unspecified atom stereocenters. The number of aromatic hydroxyl groups is 1. The van der Waals surface area contributed by atoms with Gasteiger partial charge in [-0.05, 0) is 66.6 Å². The van der Waals surface area contributed by atoms with E-state index in [2.05, 4.69) is 9.97 Å². The molecule has 0 saturated carbocycles. The van der Waals surface area contributed by atoms with Gasteiger partial charge in [-0.15, -0.1) is 0 Å². The maximum Gasteiger partial charge on any atom is 0.277 e. The number of sulfone groups is 1. The molecule has 2 heterocycles. The Morgan fingerprint density at radius 2 is 1.74 bits per heavy atom. The van der Waals surface area contributed by atoms with Crippen molar-refractivity contribution in [2.45, 2.75) is 69.7 Å². The normalized spacial score (nSPS) is 12.6. The lowest BCUT2D eigenvalue weighted by Gasteiger charge is -2.27. The fourth-order valence-corrected chi connectivity index (χ4v) is 6.34. The van der Waals surface area contributed by atoms with Gasteiger partial charge in [0.2, 0.25) is 15.7 Å². The largest absolute Gasteiger partial charge is 0.492 e. The fourth-order valence-electron chi connectivity index (χ4n) is 5.00. The Labute approximate surface area is 230 Å². The molecule has 0 fully saturated rings. The van der Waals surface area contributed by atoms with E-state index >= 15 is 0 Å². The van der Waals surface area contributed by atoms with Crippen LogP contribution >= 0.6 is 0 Å². The van der Waals surface area contributed by atoms with E-state index < -0.39 is 32.2 Å². The summed E-state index contributed by atoms with van der Waals surface area (Å²) in [5.41, 5.74) is 3.87. The summed E-state index contributed by atoms with van der Waals surface area (Å²) in [5.74, 6) is -0.431. The van der Waals surface area contributed by atoms with E-state index in [0.717, 1.165) is 40.7 Å². The monoisotopic (exact) mass is 545 g/mol. The minimum absolute atomic E-state index is 0.0466. The molecule has 4 rings (SSSR count). The van der Waals surface area contributed by atoms with Gasteiger partial charge in [-0.3, -0.25) is 14.3 Å². The zero-order valence-corrected chi connectivity index (χ0v) is 23.9. The molecule has 7 nitrogen and oxygen atoms in total. The van der Waals surface area contributed by atoms with Gasteiger partial charge >= 0.3 is 0 Å². The fraction of sp³-hybridized carbons (Fsp3) is 0.323. The second kappa shape index (κ2) is 11.5. The summed E-state index contributed by atoms with van der Waals surface area (Å²) in [5, 5.41) is 10.9. The molecule has 0 aliphatic carbocycles. The number of nitrogens with zero attached hydrogens (tertiary/aromatic N) is 3. The number of unbranched alkanes of at least 4 members (excludes halogenated alkanes) is 1. The highest BCUT2D eigenvalue weighted by atomic mass is 32.2. The number of pyridine rings is 1. The predicted molar refractivity (Wildman–Crippen MR) is 153 cm³/mol. The topological polar surface area (TPSA) is 102 Å². The van der Waals surface area contributed by atoms with Crippen molar-refractivity contribution in [2.75, 3.05) is 0 Å². The van der Waals surface area contributed by atoms with Crippen molar-refractivity contribution in [3.63, 3.8) is 0 Å². The lowest BCUT2D eigenvalue weighted by atomic mass is 9.94. The van der Waals surface area contributed by atoms with Gasteiger partial charge in [0.15, 0.2) is 4.90 Å². The zero-order chi connectivity index (χ0) is 28.3. The molecule has 1 atom stereocenters. The maximum atomic E-state index is 14.1.